The maximum absolute atomic E-state index is 12.6. The molecule has 0 saturated heterocycles. The van der Waals surface area contributed by atoms with Crippen LogP contribution in [0.2, 0.25) is 5.02 Å². The Hall–Kier alpha value is -3.32. The number of hydrogen-bond acceptors (Lipinski definition) is 6. The second-order valence-electron chi connectivity index (χ2n) is 5.74. The van der Waals surface area contributed by atoms with Gasteiger partial charge in [-0.3, -0.25) is 4.79 Å². The van der Waals surface area contributed by atoms with Gasteiger partial charge in [0.1, 0.15) is 22.9 Å². The van der Waals surface area contributed by atoms with E-state index >= 15 is 0 Å². The summed E-state index contributed by atoms with van der Waals surface area (Å²) >= 11 is 6.14. The van der Waals surface area contributed by atoms with Crippen molar-refractivity contribution in [3.63, 3.8) is 0 Å². The molecule has 3 aromatic rings. The third-order valence-corrected chi connectivity index (χ3v) is 4.35. The van der Waals surface area contributed by atoms with E-state index in [4.69, 9.17) is 21.1 Å². The number of nitrogens with zero attached hydrogens (tertiary/aromatic N) is 2. The van der Waals surface area contributed by atoms with E-state index < -0.39 is 5.91 Å². The lowest BCUT2D eigenvalue weighted by Gasteiger charge is -2.12. The highest BCUT2D eigenvalue weighted by Crippen LogP contribution is 2.28. The van der Waals surface area contributed by atoms with E-state index in [0.717, 1.165) is 5.56 Å². The Labute approximate surface area is 167 Å². The van der Waals surface area contributed by atoms with E-state index in [0.29, 0.717) is 34.7 Å². The van der Waals surface area contributed by atoms with Gasteiger partial charge in [0.25, 0.3) is 5.91 Å². The fourth-order valence-corrected chi connectivity index (χ4v) is 2.78. The zero-order chi connectivity index (χ0) is 19.9. The SMILES string of the molecule is COc1cccc(OC)c1C(=O)Nc1ccc(NCc2ccccc2Cl)nn1. The predicted octanol–water partition coefficient (Wildman–Crippen LogP) is 4.01. The van der Waals surface area contributed by atoms with Gasteiger partial charge in [-0.25, -0.2) is 0 Å². The summed E-state index contributed by atoms with van der Waals surface area (Å²) in [5, 5.41) is 14.6. The molecule has 8 heteroatoms. The molecule has 3 rings (SSSR count). The Balaban J connectivity index is 1.68. The van der Waals surface area contributed by atoms with Gasteiger partial charge < -0.3 is 20.1 Å². The molecule has 7 nitrogen and oxygen atoms in total. The quantitative estimate of drug-likeness (QED) is 0.625. The summed E-state index contributed by atoms with van der Waals surface area (Å²) in [6, 6.07) is 16.0. The van der Waals surface area contributed by atoms with Gasteiger partial charge in [-0.05, 0) is 35.9 Å². The van der Waals surface area contributed by atoms with Crippen LogP contribution in [0, 0.1) is 0 Å². The molecule has 0 radical (unpaired) electrons. The molecule has 0 aliphatic heterocycles. The number of carbonyl (C=O) groups is 1. The molecular weight excluding hydrogens is 380 g/mol. The summed E-state index contributed by atoms with van der Waals surface area (Å²) in [4.78, 5) is 12.6. The van der Waals surface area contributed by atoms with Crippen LogP contribution in [-0.4, -0.2) is 30.3 Å². The summed E-state index contributed by atoms with van der Waals surface area (Å²) in [7, 11) is 2.98. The average Bonchev–Trinajstić information content (AvgIpc) is 2.73. The maximum atomic E-state index is 12.6. The van der Waals surface area contributed by atoms with E-state index in [9.17, 15) is 4.79 Å². The van der Waals surface area contributed by atoms with Crippen LogP contribution in [0.25, 0.3) is 0 Å². The monoisotopic (exact) mass is 398 g/mol. The minimum atomic E-state index is -0.402. The first kappa shape index (κ1) is 19.4. The van der Waals surface area contributed by atoms with Crippen molar-refractivity contribution < 1.29 is 14.3 Å². The van der Waals surface area contributed by atoms with Crippen LogP contribution in [0.15, 0.2) is 54.6 Å². The van der Waals surface area contributed by atoms with E-state index in [1.54, 1.807) is 30.3 Å². The number of halogens is 1. The van der Waals surface area contributed by atoms with Crippen molar-refractivity contribution in [1.82, 2.24) is 10.2 Å². The molecule has 0 bridgehead atoms. The minimum Gasteiger partial charge on any atom is -0.496 e. The van der Waals surface area contributed by atoms with Crippen LogP contribution in [0.3, 0.4) is 0 Å². The molecule has 0 aliphatic rings. The molecule has 2 N–H and O–H groups in total. The molecule has 2 aromatic carbocycles. The summed E-state index contributed by atoms with van der Waals surface area (Å²) in [6.07, 6.45) is 0. The highest BCUT2D eigenvalue weighted by molar-refractivity contribution is 6.31. The third-order valence-electron chi connectivity index (χ3n) is 3.98. The molecule has 1 aromatic heterocycles. The molecule has 1 amide bonds. The van der Waals surface area contributed by atoms with Crippen LogP contribution in [-0.2, 0) is 6.54 Å². The second-order valence-corrected chi connectivity index (χ2v) is 6.15. The van der Waals surface area contributed by atoms with Crippen LogP contribution in [0.5, 0.6) is 11.5 Å². The third kappa shape index (κ3) is 4.50. The Morgan fingerprint density at radius 1 is 0.929 bits per heavy atom. The number of amides is 1. The zero-order valence-corrected chi connectivity index (χ0v) is 16.2. The van der Waals surface area contributed by atoms with Crippen molar-refractivity contribution in [2.24, 2.45) is 0 Å². The van der Waals surface area contributed by atoms with Crippen LogP contribution >= 0.6 is 11.6 Å². The van der Waals surface area contributed by atoms with Gasteiger partial charge in [-0.15, -0.1) is 10.2 Å². The largest absolute Gasteiger partial charge is 0.496 e. The van der Waals surface area contributed by atoms with Crippen molar-refractivity contribution >= 4 is 29.1 Å². The molecule has 0 spiro atoms. The summed E-state index contributed by atoms with van der Waals surface area (Å²) in [6.45, 7) is 0.512. The van der Waals surface area contributed by atoms with Gasteiger partial charge >= 0.3 is 0 Å². The van der Waals surface area contributed by atoms with E-state index in [1.165, 1.54) is 14.2 Å². The fourth-order valence-electron chi connectivity index (χ4n) is 2.57. The molecule has 0 fully saturated rings. The fraction of sp³-hybridized carbons (Fsp3) is 0.150. The smallest absolute Gasteiger partial charge is 0.264 e. The van der Waals surface area contributed by atoms with Crippen LogP contribution in [0.1, 0.15) is 15.9 Å². The normalized spacial score (nSPS) is 10.2. The number of rotatable bonds is 7. The topological polar surface area (TPSA) is 85.4 Å². The Bertz CT molecular complexity index is 942. The lowest BCUT2D eigenvalue weighted by Crippen LogP contribution is -2.16. The standard InChI is InChI=1S/C20H19ClN4O3/c1-27-15-8-5-9-16(28-2)19(15)20(26)23-18-11-10-17(24-25-18)22-12-13-6-3-4-7-14(13)21/h3-11H,12H2,1-2H3,(H,22,24)(H,23,25,26). The Morgan fingerprint density at radius 3 is 2.18 bits per heavy atom. The number of methoxy groups -OCH3 is 2. The Kier molecular flexibility index (Phi) is 6.29. The molecule has 144 valence electrons. The van der Waals surface area contributed by atoms with Crippen molar-refractivity contribution in [2.45, 2.75) is 6.54 Å². The van der Waals surface area contributed by atoms with E-state index in [2.05, 4.69) is 20.8 Å². The Morgan fingerprint density at radius 2 is 1.57 bits per heavy atom. The lowest BCUT2D eigenvalue weighted by atomic mass is 10.1. The van der Waals surface area contributed by atoms with Gasteiger partial charge in [0.05, 0.1) is 14.2 Å². The highest BCUT2D eigenvalue weighted by atomic mass is 35.5. The molecule has 0 unspecified atom stereocenters. The minimum absolute atomic E-state index is 0.287. The number of ether oxygens (including phenoxy) is 2. The molecule has 28 heavy (non-hydrogen) atoms. The van der Waals surface area contributed by atoms with E-state index in [1.807, 2.05) is 24.3 Å². The number of hydrogen-bond donors (Lipinski definition) is 2. The molecule has 1 heterocycles. The first-order valence-corrected chi connectivity index (χ1v) is 8.83. The number of benzene rings is 2. The van der Waals surface area contributed by atoms with Crippen molar-refractivity contribution in [1.29, 1.82) is 0 Å². The van der Waals surface area contributed by atoms with Gasteiger partial charge in [0.15, 0.2) is 5.82 Å². The maximum Gasteiger partial charge on any atom is 0.264 e. The van der Waals surface area contributed by atoms with Gasteiger partial charge in [-0.1, -0.05) is 35.9 Å². The summed E-state index contributed by atoms with van der Waals surface area (Å²) in [5.74, 6) is 1.28. The molecule has 0 saturated carbocycles. The molecule has 0 atom stereocenters. The first-order chi connectivity index (χ1) is 13.6. The van der Waals surface area contributed by atoms with E-state index in [-0.39, 0.29) is 5.56 Å². The highest BCUT2D eigenvalue weighted by Gasteiger charge is 2.18. The molecule has 0 aliphatic carbocycles. The van der Waals surface area contributed by atoms with Crippen LogP contribution < -0.4 is 20.1 Å². The lowest BCUT2D eigenvalue weighted by molar-refractivity contribution is 0.102. The second kappa shape index (κ2) is 9.05. The van der Waals surface area contributed by atoms with Crippen LogP contribution in [0.4, 0.5) is 11.6 Å². The number of aromatic nitrogens is 2. The van der Waals surface area contributed by atoms with Gasteiger partial charge in [0, 0.05) is 11.6 Å². The first-order valence-electron chi connectivity index (χ1n) is 8.45. The van der Waals surface area contributed by atoms with Crippen molar-refractivity contribution in [2.75, 3.05) is 24.9 Å². The predicted molar refractivity (Wildman–Crippen MR) is 108 cm³/mol. The molecular formula is C20H19ClN4O3. The number of carbonyl (C=O) groups excluding carboxylic acids is 1. The van der Waals surface area contributed by atoms with Crippen molar-refractivity contribution in [3.05, 3.63) is 70.7 Å². The summed E-state index contributed by atoms with van der Waals surface area (Å²) < 4.78 is 10.5. The number of anilines is 2. The number of nitrogens with one attached hydrogen (secondary N) is 2. The van der Waals surface area contributed by atoms with Gasteiger partial charge in [0.2, 0.25) is 0 Å². The zero-order valence-electron chi connectivity index (χ0n) is 15.4. The van der Waals surface area contributed by atoms with Crippen molar-refractivity contribution in [3.8, 4) is 11.5 Å². The average molecular weight is 399 g/mol. The van der Waals surface area contributed by atoms with Gasteiger partial charge in [-0.2, -0.15) is 0 Å². The summed E-state index contributed by atoms with van der Waals surface area (Å²) in [5.41, 5.74) is 1.24.